The first-order chi connectivity index (χ1) is 15.3. The van der Waals surface area contributed by atoms with Crippen molar-refractivity contribution in [3.8, 4) is 0 Å². The zero-order valence-corrected chi connectivity index (χ0v) is 18.8. The van der Waals surface area contributed by atoms with Crippen molar-refractivity contribution in [3.05, 3.63) is 98.8 Å². The highest BCUT2D eigenvalue weighted by Gasteiger charge is 2.60. The molecule has 1 fully saturated rings. The van der Waals surface area contributed by atoms with Gasteiger partial charge in [0.15, 0.2) is 0 Å². The van der Waals surface area contributed by atoms with Gasteiger partial charge in [-0.2, -0.15) is 0 Å². The molecular formula is C26H20Cl2FNO2. The average Bonchev–Trinajstić information content (AvgIpc) is 3.02. The first-order valence-corrected chi connectivity index (χ1v) is 11.2. The number of nitrogens with one attached hydrogen (secondary N) is 1. The Balaban J connectivity index is 1.83. The summed E-state index contributed by atoms with van der Waals surface area (Å²) < 4.78 is 14.4. The SMILES string of the molecule is Cc1ccc(F)cc1C1CC(=O)CC(c2cccc(Cl)c2)C12C(=O)Nc1cc(Cl)ccc12. The van der Waals surface area contributed by atoms with Gasteiger partial charge in [-0.05, 0) is 65.6 Å². The molecule has 1 N–H and O–H groups in total. The van der Waals surface area contributed by atoms with Crippen LogP contribution in [0.15, 0.2) is 60.7 Å². The number of carbonyl (C=O) groups is 2. The molecule has 0 saturated heterocycles. The number of benzene rings is 3. The molecule has 1 amide bonds. The Kier molecular flexibility index (Phi) is 5.11. The minimum atomic E-state index is -1.10. The summed E-state index contributed by atoms with van der Waals surface area (Å²) >= 11 is 12.5. The fourth-order valence-electron chi connectivity index (χ4n) is 5.57. The van der Waals surface area contributed by atoms with Gasteiger partial charge in [0.05, 0.1) is 5.41 Å². The van der Waals surface area contributed by atoms with Gasteiger partial charge < -0.3 is 5.32 Å². The minimum Gasteiger partial charge on any atom is -0.325 e. The summed E-state index contributed by atoms with van der Waals surface area (Å²) in [5, 5.41) is 4.04. The lowest BCUT2D eigenvalue weighted by Gasteiger charge is -2.46. The third-order valence-corrected chi connectivity index (χ3v) is 7.35. The van der Waals surface area contributed by atoms with Gasteiger partial charge in [0, 0.05) is 40.4 Å². The summed E-state index contributed by atoms with van der Waals surface area (Å²) in [5.41, 5.74) is 2.62. The van der Waals surface area contributed by atoms with Crippen LogP contribution in [0.4, 0.5) is 10.1 Å². The van der Waals surface area contributed by atoms with E-state index in [2.05, 4.69) is 5.32 Å². The van der Waals surface area contributed by atoms with Crippen LogP contribution >= 0.6 is 23.2 Å². The maximum Gasteiger partial charge on any atom is 0.236 e. The van der Waals surface area contributed by atoms with E-state index in [4.69, 9.17) is 23.2 Å². The molecule has 1 saturated carbocycles. The van der Waals surface area contributed by atoms with E-state index in [1.165, 1.54) is 12.1 Å². The van der Waals surface area contributed by atoms with Gasteiger partial charge in [-0.1, -0.05) is 47.5 Å². The highest BCUT2D eigenvalue weighted by Crippen LogP contribution is 2.60. The predicted molar refractivity (Wildman–Crippen MR) is 124 cm³/mol. The molecule has 0 radical (unpaired) electrons. The van der Waals surface area contributed by atoms with E-state index in [1.807, 2.05) is 31.2 Å². The Morgan fingerprint density at radius 3 is 2.47 bits per heavy atom. The van der Waals surface area contributed by atoms with Gasteiger partial charge in [0.1, 0.15) is 11.6 Å². The number of anilines is 1. The van der Waals surface area contributed by atoms with Gasteiger partial charge in [-0.25, -0.2) is 4.39 Å². The molecule has 1 aliphatic carbocycles. The Labute approximate surface area is 195 Å². The van der Waals surface area contributed by atoms with Gasteiger partial charge in [-0.15, -0.1) is 0 Å². The minimum absolute atomic E-state index is 0.0319. The molecule has 3 atom stereocenters. The van der Waals surface area contributed by atoms with Crippen LogP contribution in [0.25, 0.3) is 0 Å². The van der Waals surface area contributed by atoms with Crippen LogP contribution in [0.5, 0.6) is 0 Å². The van der Waals surface area contributed by atoms with Crippen LogP contribution in [0.3, 0.4) is 0 Å². The van der Waals surface area contributed by atoms with Crippen molar-refractivity contribution in [2.75, 3.05) is 5.32 Å². The number of hydrogen-bond acceptors (Lipinski definition) is 2. The van der Waals surface area contributed by atoms with Crippen molar-refractivity contribution >= 4 is 40.6 Å². The zero-order valence-electron chi connectivity index (χ0n) is 17.3. The molecule has 0 bridgehead atoms. The molecule has 32 heavy (non-hydrogen) atoms. The molecule has 5 rings (SSSR count). The monoisotopic (exact) mass is 467 g/mol. The summed E-state index contributed by atoms with van der Waals surface area (Å²) in [6, 6.07) is 17.2. The molecule has 1 heterocycles. The number of halogens is 3. The molecule has 1 aliphatic heterocycles. The van der Waals surface area contributed by atoms with E-state index in [9.17, 15) is 14.0 Å². The quantitative estimate of drug-likeness (QED) is 0.463. The molecule has 162 valence electrons. The first-order valence-electron chi connectivity index (χ1n) is 10.5. The van der Waals surface area contributed by atoms with Crippen molar-refractivity contribution in [3.63, 3.8) is 0 Å². The van der Waals surface area contributed by atoms with Crippen LogP contribution in [-0.2, 0) is 15.0 Å². The third kappa shape index (κ3) is 3.16. The number of amides is 1. The van der Waals surface area contributed by atoms with Gasteiger partial charge >= 0.3 is 0 Å². The maximum atomic E-state index is 14.4. The van der Waals surface area contributed by atoms with Crippen LogP contribution in [0.1, 0.15) is 46.9 Å². The summed E-state index contributed by atoms with van der Waals surface area (Å²) in [4.78, 5) is 26.9. The molecule has 0 aromatic heterocycles. The van der Waals surface area contributed by atoms with Crippen LogP contribution in [-0.4, -0.2) is 11.7 Å². The van der Waals surface area contributed by atoms with E-state index in [-0.39, 0.29) is 24.5 Å². The second-order valence-corrected chi connectivity index (χ2v) is 9.49. The number of carbonyl (C=O) groups excluding carboxylic acids is 2. The number of Topliss-reactive ketones (excluding diaryl/α,β-unsaturated/α-hetero) is 1. The number of rotatable bonds is 2. The number of ketones is 1. The van der Waals surface area contributed by atoms with Crippen molar-refractivity contribution in [2.24, 2.45) is 0 Å². The Hall–Kier alpha value is -2.69. The Morgan fingerprint density at radius 2 is 1.69 bits per heavy atom. The molecule has 6 heteroatoms. The Bertz CT molecular complexity index is 1270. The molecular weight excluding hydrogens is 448 g/mol. The predicted octanol–water partition coefficient (Wildman–Crippen LogP) is 6.56. The van der Waals surface area contributed by atoms with Crippen LogP contribution < -0.4 is 5.32 Å². The third-order valence-electron chi connectivity index (χ3n) is 6.88. The summed E-state index contributed by atoms with van der Waals surface area (Å²) in [7, 11) is 0. The largest absolute Gasteiger partial charge is 0.325 e. The van der Waals surface area contributed by atoms with Gasteiger partial charge in [0.25, 0.3) is 0 Å². The second-order valence-electron chi connectivity index (χ2n) is 8.62. The number of fused-ring (bicyclic) bond motifs is 2. The topological polar surface area (TPSA) is 46.2 Å². The van der Waals surface area contributed by atoms with Crippen molar-refractivity contribution in [1.82, 2.24) is 0 Å². The van der Waals surface area contributed by atoms with E-state index in [1.54, 1.807) is 24.3 Å². The summed E-state index contributed by atoms with van der Waals surface area (Å²) in [6.45, 7) is 1.88. The van der Waals surface area contributed by atoms with E-state index >= 15 is 0 Å². The lowest BCUT2D eigenvalue weighted by Crippen LogP contribution is -2.50. The van der Waals surface area contributed by atoms with E-state index in [0.29, 0.717) is 21.3 Å². The summed E-state index contributed by atoms with van der Waals surface area (Å²) in [5.74, 6) is -1.57. The van der Waals surface area contributed by atoms with Crippen molar-refractivity contribution in [1.29, 1.82) is 0 Å². The van der Waals surface area contributed by atoms with E-state index in [0.717, 1.165) is 16.7 Å². The maximum absolute atomic E-state index is 14.4. The molecule has 2 aliphatic rings. The molecule has 1 spiro atoms. The average molecular weight is 468 g/mol. The smallest absolute Gasteiger partial charge is 0.236 e. The first kappa shape index (κ1) is 21.2. The summed E-state index contributed by atoms with van der Waals surface area (Å²) in [6.07, 6.45) is 0.345. The lowest BCUT2D eigenvalue weighted by atomic mass is 9.53. The van der Waals surface area contributed by atoms with Gasteiger partial charge in [0.2, 0.25) is 5.91 Å². The molecule has 3 nitrogen and oxygen atoms in total. The fourth-order valence-corrected chi connectivity index (χ4v) is 5.94. The number of hydrogen-bond donors (Lipinski definition) is 1. The standard InChI is InChI=1S/C26H20Cl2FNO2/c1-14-5-7-18(29)11-20(14)23-13-19(31)12-22(15-3-2-4-16(27)9-15)26(23)21-8-6-17(28)10-24(21)30-25(26)32/h2-11,22-23H,12-13H2,1H3,(H,30,32). The molecule has 3 aromatic carbocycles. The molecule has 3 aromatic rings. The fraction of sp³-hybridized carbons (Fsp3) is 0.231. The van der Waals surface area contributed by atoms with E-state index < -0.39 is 23.1 Å². The van der Waals surface area contributed by atoms with Crippen molar-refractivity contribution < 1.29 is 14.0 Å². The second kappa shape index (κ2) is 7.72. The zero-order chi connectivity index (χ0) is 22.6. The Morgan fingerprint density at radius 1 is 0.938 bits per heavy atom. The van der Waals surface area contributed by atoms with Crippen molar-refractivity contribution in [2.45, 2.75) is 37.0 Å². The highest BCUT2D eigenvalue weighted by atomic mass is 35.5. The van der Waals surface area contributed by atoms with Gasteiger partial charge in [-0.3, -0.25) is 9.59 Å². The normalized spacial score (nSPS) is 24.5. The lowest BCUT2D eigenvalue weighted by molar-refractivity contribution is -0.128. The van der Waals surface area contributed by atoms with Crippen LogP contribution in [0, 0.1) is 12.7 Å². The highest BCUT2D eigenvalue weighted by molar-refractivity contribution is 6.31. The molecule has 3 unspecified atom stereocenters. The van der Waals surface area contributed by atoms with Crippen LogP contribution in [0.2, 0.25) is 10.0 Å². The number of aryl methyl sites for hydroxylation is 1.